The van der Waals surface area contributed by atoms with E-state index < -0.39 is 5.92 Å². The minimum Gasteiger partial charge on any atom is -0.496 e. The van der Waals surface area contributed by atoms with Gasteiger partial charge in [0.25, 0.3) is 5.56 Å². The third-order valence-electron chi connectivity index (χ3n) is 5.80. The van der Waals surface area contributed by atoms with Gasteiger partial charge in [-0.25, -0.2) is 0 Å². The van der Waals surface area contributed by atoms with Gasteiger partial charge in [0.2, 0.25) is 5.88 Å². The van der Waals surface area contributed by atoms with Gasteiger partial charge in [-0.1, -0.05) is 6.07 Å². The molecular weight excluding hydrogens is 436 g/mol. The molecule has 3 heterocycles. The van der Waals surface area contributed by atoms with E-state index in [0.29, 0.717) is 40.8 Å². The van der Waals surface area contributed by atoms with Gasteiger partial charge >= 0.3 is 0 Å². The van der Waals surface area contributed by atoms with E-state index in [1.54, 1.807) is 35.2 Å². The average molecular weight is 460 g/mol. The summed E-state index contributed by atoms with van der Waals surface area (Å²) in [7, 11) is 4.52. The Hall–Kier alpha value is -4.45. The van der Waals surface area contributed by atoms with Crippen LogP contribution in [0.2, 0.25) is 0 Å². The molecule has 0 aliphatic carbocycles. The van der Waals surface area contributed by atoms with Gasteiger partial charge in [-0.3, -0.25) is 9.78 Å². The highest BCUT2D eigenvalue weighted by molar-refractivity contribution is 5.61. The molecule has 0 amide bonds. The van der Waals surface area contributed by atoms with Crippen molar-refractivity contribution in [3.63, 3.8) is 0 Å². The highest BCUT2D eigenvalue weighted by atomic mass is 16.5. The second-order valence-corrected chi connectivity index (χ2v) is 7.69. The Kier molecular flexibility index (Phi) is 6.15. The third kappa shape index (κ3) is 3.79. The van der Waals surface area contributed by atoms with Crippen LogP contribution in [0.4, 0.5) is 0 Å². The number of rotatable bonds is 6. The number of nitrogens with zero attached hydrogens (tertiary/aromatic N) is 3. The molecule has 9 nitrogen and oxygen atoms in total. The normalized spacial score (nSPS) is 14.6. The highest BCUT2D eigenvalue weighted by Gasteiger charge is 2.36. The molecule has 1 aliphatic rings. The maximum atomic E-state index is 13.9. The molecule has 0 saturated heterocycles. The summed E-state index contributed by atoms with van der Waals surface area (Å²) >= 11 is 0. The quantitative estimate of drug-likeness (QED) is 0.596. The lowest BCUT2D eigenvalue weighted by molar-refractivity contribution is 0.346. The Bertz CT molecular complexity index is 1370. The maximum Gasteiger partial charge on any atom is 0.259 e. The molecule has 1 aliphatic heterocycles. The second-order valence-electron chi connectivity index (χ2n) is 7.69. The molecule has 0 spiro atoms. The molecular formula is C25H24N4O5. The summed E-state index contributed by atoms with van der Waals surface area (Å²) in [6.45, 7) is 2.12. The number of fused-ring (bicyclic) bond motifs is 1. The summed E-state index contributed by atoms with van der Waals surface area (Å²) in [6, 6.07) is 10.9. The van der Waals surface area contributed by atoms with Crippen LogP contribution in [0.5, 0.6) is 23.0 Å². The molecule has 0 saturated carbocycles. The monoisotopic (exact) mass is 460 g/mol. The Balaban J connectivity index is 1.99. The third-order valence-corrected chi connectivity index (χ3v) is 5.80. The SMILES string of the molecule is COc1cc(OC)c([C@H]2C(C#N)=C(N)Oc3cc(C)n(Cc4cccnc4)c(=O)c32)cc1OC. The number of pyridine rings is 2. The lowest BCUT2D eigenvalue weighted by atomic mass is 9.83. The number of aromatic nitrogens is 2. The number of methoxy groups -OCH3 is 3. The van der Waals surface area contributed by atoms with Gasteiger partial charge in [-0.05, 0) is 24.6 Å². The Morgan fingerprint density at radius 3 is 2.47 bits per heavy atom. The summed E-state index contributed by atoms with van der Waals surface area (Å²) in [4.78, 5) is 18.0. The van der Waals surface area contributed by atoms with Crippen molar-refractivity contribution in [1.82, 2.24) is 9.55 Å². The highest BCUT2D eigenvalue weighted by Crippen LogP contribution is 2.46. The summed E-state index contributed by atoms with van der Waals surface area (Å²) < 4.78 is 23.8. The molecule has 174 valence electrons. The molecule has 2 N–H and O–H groups in total. The minimum absolute atomic E-state index is 0.0688. The van der Waals surface area contributed by atoms with Crippen LogP contribution < -0.4 is 30.2 Å². The van der Waals surface area contributed by atoms with Gasteiger partial charge in [-0.15, -0.1) is 0 Å². The first kappa shape index (κ1) is 22.7. The molecule has 0 radical (unpaired) electrons. The number of allylic oxidation sites excluding steroid dienone is 1. The van der Waals surface area contributed by atoms with Gasteiger partial charge in [0, 0.05) is 35.8 Å². The first-order valence-corrected chi connectivity index (χ1v) is 10.4. The molecule has 1 aromatic carbocycles. The van der Waals surface area contributed by atoms with Gasteiger partial charge in [-0.2, -0.15) is 5.26 Å². The Labute approximate surface area is 196 Å². The fourth-order valence-corrected chi connectivity index (χ4v) is 4.15. The van der Waals surface area contributed by atoms with E-state index in [1.807, 2.05) is 19.1 Å². The largest absolute Gasteiger partial charge is 0.496 e. The summed E-state index contributed by atoms with van der Waals surface area (Å²) in [6.07, 6.45) is 3.38. The molecule has 1 atom stereocenters. The lowest BCUT2D eigenvalue weighted by Gasteiger charge is -2.28. The van der Waals surface area contributed by atoms with E-state index >= 15 is 0 Å². The topological polar surface area (TPSA) is 122 Å². The van der Waals surface area contributed by atoms with Crippen molar-refractivity contribution in [2.45, 2.75) is 19.4 Å². The molecule has 3 aromatic rings. The van der Waals surface area contributed by atoms with Crippen molar-refractivity contribution in [3.8, 4) is 29.1 Å². The van der Waals surface area contributed by atoms with E-state index in [0.717, 1.165) is 5.56 Å². The zero-order valence-electron chi connectivity index (χ0n) is 19.3. The zero-order valence-corrected chi connectivity index (χ0v) is 19.3. The Morgan fingerprint density at radius 2 is 1.85 bits per heavy atom. The van der Waals surface area contributed by atoms with Crippen LogP contribution in [-0.4, -0.2) is 30.9 Å². The number of nitrogens with two attached hydrogens (primary N) is 1. The predicted octanol–water partition coefficient (Wildman–Crippen LogP) is 2.84. The number of ether oxygens (including phenoxy) is 4. The average Bonchev–Trinajstić information content (AvgIpc) is 2.85. The first-order chi connectivity index (χ1) is 16.4. The number of hydrogen-bond acceptors (Lipinski definition) is 8. The van der Waals surface area contributed by atoms with E-state index in [-0.39, 0.29) is 22.6 Å². The van der Waals surface area contributed by atoms with Crippen molar-refractivity contribution >= 4 is 0 Å². The van der Waals surface area contributed by atoms with Crippen LogP contribution >= 0.6 is 0 Å². The zero-order chi connectivity index (χ0) is 24.4. The van der Waals surface area contributed by atoms with Crippen LogP contribution in [0.25, 0.3) is 0 Å². The van der Waals surface area contributed by atoms with Crippen molar-refractivity contribution in [2.24, 2.45) is 5.73 Å². The number of hydrogen-bond donors (Lipinski definition) is 1. The summed E-state index contributed by atoms with van der Waals surface area (Å²) in [5.74, 6) is 0.671. The predicted molar refractivity (Wildman–Crippen MR) is 124 cm³/mol. The standard InChI is InChI=1S/C25H24N4O5/c1-14-8-21-23(25(30)29(14)13-15-6-5-7-28-12-15)22(17(11-26)24(27)34-21)16-9-19(32-3)20(33-4)10-18(16)31-2/h5-10,12,22H,13,27H2,1-4H3/t22-/m0/s1. The lowest BCUT2D eigenvalue weighted by Crippen LogP contribution is -2.33. The van der Waals surface area contributed by atoms with E-state index in [1.165, 1.54) is 21.3 Å². The molecule has 0 fully saturated rings. The molecule has 0 unspecified atom stereocenters. The van der Waals surface area contributed by atoms with Gasteiger partial charge < -0.3 is 29.2 Å². The summed E-state index contributed by atoms with van der Waals surface area (Å²) in [5.41, 5.74) is 8.28. The van der Waals surface area contributed by atoms with E-state index in [9.17, 15) is 10.1 Å². The van der Waals surface area contributed by atoms with Gasteiger partial charge in [0.15, 0.2) is 11.5 Å². The Morgan fingerprint density at radius 1 is 1.15 bits per heavy atom. The van der Waals surface area contributed by atoms with Crippen LogP contribution in [0.15, 0.2) is 59.0 Å². The minimum atomic E-state index is -0.836. The number of aryl methyl sites for hydroxylation is 1. The van der Waals surface area contributed by atoms with Crippen LogP contribution in [0.1, 0.15) is 28.3 Å². The molecule has 4 rings (SSSR count). The van der Waals surface area contributed by atoms with Gasteiger partial charge in [0.05, 0.1) is 39.4 Å². The van der Waals surface area contributed by atoms with Gasteiger partial charge in [0.1, 0.15) is 23.1 Å². The smallest absolute Gasteiger partial charge is 0.259 e. The maximum absolute atomic E-state index is 13.9. The number of nitriles is 1. The van der Waals surface area contributed by atoms with Crippen molar-refractivity contribution in [1.29, 1.82) is 5.26 Å². The van der Waals surface area contributed by atoms with Crippen LogP contribution in [0.3, 0.4) is 0 Å². The fraction of sp³-hybridized carbons (Fsp3) is 0.240. The first-order valence-electron chi connectivity index (χ1n) is 10.4. The van der Waals surface area contributed by atoms with Crippen molar-refractivity contribution < 1.29 is 18.9 Å². The number of benzene rings is 1. The van der Waals surface area contributed by atoms with Crippen LogP contribution in [-0.2, 0) is 6.54 Å². The van der Waals surface area contributed by atoms with E-state index in [2.05, 4.69) is 11.1 Å². The van der Waals surface area contributed by atoms with Crippen molar-refractivity contribution in [3.05, 3.63) is 86.9 Å². The molecule has 0 bridgehead atoms. The van der Waals surface area contributed by atoms with Crippen LogP contribution in [0, 0.1) is 18.3 Å². The molecule has 34 heavy (non-hydrogen) atoms. The fourth-order valence-electron chi connectivity index (χ4n) is 4.15. The molecule has 9 heteroatoms. The van der Waals surface area contributed by atoms with Crippen molar-refractivity contribution in [2.75, 3.05) is 21.3 Å². The second kappa shape index (κ2) is 9.19. The summed E-state index contributed by atoms with van der Waals surface area (Å²) in [5, 5.41) is 9.98. The van der Waals surface area contributed by atoms with E-state index in [4.69, 9.17) is 24.7 Å². The molecule has 2 aromatic heterocycles.